The van der Waals surface area contributed by atoms with Crippen LogP contribution in [-0.4, -0.2) is 47.8 Å². The fourth-order valence-electron chi connectivity index (χ4n) is 7.73. The van der Waals surface area contributed by atoms with Gasteiger partial charge in [0.2, 0.25) is 5.91 Å². The predicted molar refractivity (Wildman–Crippen MR) is 240 cm³/mol. The molecule has 5 N–H and O–H groups in total. The van der Waals surface area contributed by atoms with Gasteiger partial charge in [-0.1, -0.05) is 245 Å². The van der Waals surface area contributed by atoms with Crippen LogP contribution in [0.4, 0.5) is 0 Å². The number of carbonyl (C=O) groups excluding carboxylic acids is 1. The largest absolute Gasteiger partial charge is 0.472 e. The first-order valence-electron chi connectivity index (χ1n) is 24.7. The number of rotatable bonds is 47. The quantitative estimate of drug-likeness (QED) is 0.0355. The van der Waals surface area contributed by atoms with E-state index in [1.807, 2.05) is 0 Å². The number of nitrogens with one attached hydrogen (secondary N) is 1. The summed E-state index contributed by atoms with van der Waals surface area (Å²) in [5, 5.41) is 13.8. The van der Waals surface area contributed by atoms with Crippen molar-refractivity contribution >= 4 is 13.7 Å². The van der Waals surface area contributed by atoms with Crippen LogP contribution in [0, 0.1) is 0 Å². The maximum Gasteiger partial charge on any atom is 0.472 e. The van der Waals surface area contributed by atoms with Crippen LogP contribution in [0.2, 0.25) is 0 Å². The third-order valence-electron chi connectivity index (χ3n) is 11.5. The number of aliphatic hydroxyl groups is 1. The van der Waals surface area contributed by atoms with Gasteiger partial charge in [-0.3, -0.25) is 13.8 Å². The van der Waals surface area contributed by atoms with Gasteiger partial charge in [-0.2, -0.15) is 0 Å². The highest BCUT2D eigenvalue weighted by atomic mass is 31.2. The summed E-state index contributed by atoms with van der Waals surface area (Å²) >= 11 is 0. The van der Waals surface area contributed by atoms with Crippen molar-refractivity contribution in [3.63, 3.8) is 0 Å². The van der Waals surface area contributed by atoms with Crippen molar-refractivity contribution in [2.24, 2.45) is 5.73 Å². The topological polar surface area (TPSA) is 131 Å². The summed E-state index contributed by atoms with van der Waals surface area (Å²) in [7, 11) is -4.31. The molecule has 0 radical (unpaired) electrons. The molecule has 0 saturated heterocycles. The minimum Gasteiger partial charge on any atom is -0.391 e. The number of unbranched alkanes of at least 4 members (excludes halogenated alkanes) is 35. The van der Waals surface area contributed by atoms with E-state index in [9.17, 15) is 19.4 Å². The molecule has 0 heterocycles. The van der Waals surface area contributed by atoms with Gasteiger partial charge in [0.25, 0.3) is 0 Å². The Bertz CT molecular complexity index is 849. The van der Waals surface area contributed by atoms with E-state index in [0.717, 1.165) is 38.5 Å². The Hall–Kier alpha value is -0.500. The number of phosphoric ester groups is 1. The molecule has 0 fully saturated rings. The van der Waals surface area contributed by atoms with E-state index >= 15 is 0 Å². The molecule has 0 bridgehead atoms. The maximum atomic E-state index is 12.8. The second-order valence-corrected chi connectivity index (χ2v) is 18.5. The minimum absolute atomic E-state index is 0.0926. The zero-order valence-electron chi connectivity index (χ0n) is 37.4. The molecule has 0 aliphatic rings. The van der Waals surface area contributed by atoms with Crippen LogP contribution in [0.5, 0.6) is 0 Å². The van der Waals surface area contributed by atoms with E-state index in [0.29, 0.717) is 12.8 Å². The average molecular weight is 817 g/mol. The van der Waals surface area contributed by atoms with Gasteiger partial charge in [-0.15, -0.1) is 0 Å². The molecule has 336 valence electrons. The SMILES string of the molecule is CCCCCCCCCCCCCCCCCCCCCCCCCC(=O)NC(COP(=O)(O)OCCN)C(O)CCCCCCCCCCCCCCCC. The molecule has 9 heteroatoms. The van der Waals surface area contributed by atoms with Gasteiger partial charge in [0.1, 0.15) is 0 Å². The zero-order valence-corrected chi connectivity index (χ0v) is 38.3. The molecule has 8 nitrogen and oxygen atoms in total. The standard InChI is InChI=1S/C47H97N2O6P/c1-3-5-7-9-11-13-15-17-19-20-21-22-23-24-25-26-27-29-31-33-35-37-39-41-47(51)49-45(44-55-56(52,53)54-43-42-48)46(50)40-38-36-34-32-30-28-18-16-14-12-10-8-6-4-2/h45-46,50H,3-44,48H2,1-2H3,(H,49,51)(H,52,53). The van der Waals surface area contributed by atoms with Crippen molar-refractivity contribution in [3.05, 3.63) is 0 Å². The smallest absolute Gasteiger partial charge is 0.391 e. The van der Waals surface area contributed by atoms with Gasteiger partial charge < -0.3 is 21.1 Å². The monoisotopic (exact) mass is 817 g/mol. The Labute approximate surface area is 348 Å². The van der Waals surface area contributed by atoms with Gasteiger partial charge in [0.05, 0.1) is 25.4 Å². The normalized spacial score (nSPS) is 13.9. The summed E-state index contributed by atoms with van der Waals surface area (Å²) in [6, 6.07) is -0.768. The van der Waals surface area contributed by atoms with Crippen molar-refractivity contribution < 1.29 is 28.4 Å². The van der Waals surface area contributed by atoms with Crippen LogP contribution in [0.1, 0.15) is 264 Å². The summed E-state index contributed by atoms with van der Waals surface area (Å²) in [6.07, 6.45) is 48.4. The molecule has 1 amide bonds. The third kappa shape index (κ3) is 41.7. The molecular weight excluding hydrogens is 719 g/mol. The van der Waals surface area contributed by atoms with Crippen molar-refractivity contribution in [1.29, 1.82) is 0 Å². The van der Waals surface area contributed by atoms with Crippen molar-refractivity contribution in [3.8, 4) is 0 Å². The summed E-state index contributed by atoms with van der Waals surface area (Å²) in [4.78, 5) is 22.8. The van der Waals surface area contributed by atoms with Crippen molar-refractivity contribution in [1.82, 2.24) is 5.32 Å². The predicted octanol–water partition coefficient (Wildman–Crippen LogP) is 14.2. The van der Waals surface area contributed by atoms with Gasteiger partial charge in [-0.25, -0.2) is 4.57 Å². The van der Waals surface area contributed by atoms with Crippen LogP contribution in [0.25, 0.3) is 0 Å². The number of carbonyl (C=O) groups is 1. The Balaban J connectivity index is 3.98. The lowest BCUT2D eigenvalue weighted by Gasteiger charge is -2.25. The fourth-order valence-corrected chi connectivity index (χ4v) is 8.49. The number of hydrogen-bond donors (Lipinski definition) is 4. The lowest BCUT2D eigenvalue weighted by Crippen LogP contribution is -2.46. The first-order valence-corrected chi connectivity index (χ1v) is 26.1. The molecule has 0 aliphatic carbocycles. The van der Waals surface area contributed by atoms with Crippen LogP contribution in [0.3, 0.4) is 0 Å². The van der Waals surface area contributed by atoms with E-state index < -0.39 is 20.0 Å². The van der Waals surface area contributed by atoms with E-state index in [2.05, 4.69) is 19.2 Å². The molecule has 0 aromatic rings. The number of aliphatic hydroxyl groups excluding tert-OH is 1. The summed E-state index contributed by atoms with van der Waals surface area (Å²) < 4.78 is 22.2. The fraction of sp³-hybridized carbons (Fsp3) is 0.979. The molecule has 0 rings (SSSR count). The molecular formula is C47H97N2O6P. The van der Waals surface area contributed by atoms with E-state index in [1.54, 1.807) is 0 Å². The summed E-state index contributed by atoms with van der Waals surface area (Å²) in [5.74, 6) is -0.155. The molecule has 56 heavy (non-hydrogen) atoms. The van der Waals surface area contributed by atoms with Crippen LogP contribution < -0.4 is 11.1 Å². The minimum atomic E-state index is -4.31. The highest BCUT2D eigenvalue weighted by Crippen LogP contribution is 2.43. The van der Waals surface area contributed by atoms with E-state index in [4.69, 9.17) is 14.8 Å². The Kier molecular flexibility index (Phi) is 43.7. The van der Waals surface area contributed by atoms with Crippen LogP contribution in [0.15, 0.2) is 0 Å². The summed E-state index contributed by atoms with van der Waals surface area (Å²) in [6.45, 7) is 4.25. The second-order valence-electron chi connectivity index (χ2n) is 17.0. The first-order chi connectivity index (χ1) is 27.4. The molecule has 0 aliphatic heterocycles. The zero-order chi connectivity index (χ0) is 41.1. The second kappa shape index (κ2) is 44.1. The molecule has 3 atom stereocenters. The number of hydrogen-bond acceptors (Lipinski definition) is 6. The van der Waals surface area contributed by atoms with E-state index in [-0.39, 0.29) is 25.7 Å². The van der Waals surface area contributed by atoms with Gasteiger partial charge in [0.15, 0.2) is 0 Å². The molecule has 0 spiro atoms. The third-order valence-corrected chi connectivity index (χ3v) is 12.4. The lowest BCUT2D eigenvalue weighted by molar-refractivity contribution is -0.123. The van der Waals surface area contributed by atoms with Crippen LogP contribution in [-0.2, 0) is 18.4 Å². The Morgan fingerprint density at radius 2 is 0.821 bits per heavy atom. The highest BCUT2D eigenvalue weighted by Gasteiger charge is 2.27. The Morgan fingerprint density at radius 3 is 1.14 bits per heavy atom. The van der Waals surface area contributed by atoms with E-state index in [1.165, 1.54) is 199 Å². The molecule has 3 unspecified atom stereocenters. The number of nitrogens with two attached hydrogens (primary N) is 1. The summed E-state index contributed by atoms with van der Waals surface area (Å²) in [5.41, 5.74) is 5.39. The van der Waals surface area contributed by atoms with Gasteiger partial charge in [-0.05, 0) is 12.8 Å². The van der Waals surface area contributed by atoms with Crippen LogP contribution >= 0.6 is 7.82 Å². The lowest BCUT2D eigenvalue weighted by atomic mass is 10.0. The van der Waals surface area contributed by atoms with Crippen molar-refractivity contribution in [2.45, 2.75) is 276 Å². The first kappa shape index (κ1) is 55.5. The average Bonchev–Trinajstić information content (AvgIpc) is 3.19. The molecule has 0 saturated carbocycles. The molecule has 0 aromatic heterocycles. The number of phosphoric acid groups is 1. The maximum absolute atomic E-state index is 12.8. The van der Waals surface area contributed by atoms with Crippen molar-refractivity contribution in [2.75, 3.05) is 19.8 Å². The Morgan fingerprint density at radius 1 is 0.518 bits per heavy atom. The van der Waals surface area contributed by atoms with Gasteiger partial charge >= 0.3 is 7.82 Å². The van der Waals surface area contributed by atoms with Gasteiger partial charge in [0, 0.05) is 13.0 Å². The highest BCUT2D eigenvalue weighted by molar-refractivity contribution is 7.47. The number of amides is 1. The molecule has 0 aromatic carbocycles.